The molecule has 3 rings (SSSR count). The molecule has 2 aromatic carbocycles. The van der Waals surface area contributed by atoms with E-state index in [1.807, 2.05) is 6.07 Å². The lowest BCUT2D eigenvalue weighted by molar-refractivity contribution is -0.121. The maximum Gasteiger partial charge on any atom is 0.224 e. The number of carbonyl (C=O) groups excluding carboxylic acids is 1. The third kappa shape index (κ3) is 4.07. The van der Waals surface area contributed by atoms with Gasteiger partial charge in [0.05, 0.1) is 26.7 Å². The summed E-state index contributed by atoms with van der Waals surface area (Å²) in [4.78, 5) is 13.5. The summed E-state index contributed by atoms with van der Waals surface area (Å²) in [6, 6.07) is 10.0. The normalized spacial score (nSPS) is 16.0. The Balaban J connectivity index is 1.71. The van der Waals surface area contributed by atoms with E-state index in [1.54, 1.807) is 44.2 Å². The van der Waals surface area contributed by atoms with Crippen LogP contribution >= 0.6 is 11.8 Å². The molecule has 1 amide bonds. The molecule has 0 saturated heterocycles. The zero-order valence-electron chi connectivity index (χ0n) is 14.2. The van der Waals surface area contributed by atoms with Crippen molar-refractivity contribution in [2.24, 2.45) is 0 Å². The van der Waals surface area contributed by atoms with Gasteiger partial charge in [0.25, 0.3) is 0 Å². The monoisotopic (exact) mass is 361 g/mol. The molecule has 0 spiro atoms. The molecule has 4 nitrogen and oxygen atoms in total. The van der Waals surface area contributed by atoms with Crippen LogP contribution in [0.3, 0.4) is 0 Å². The molecule has 0 aliphatic carbocycles. The number of fused-ring (bicyclic) bond motifs is 1. The second-order valence-electron chi connectivity index (χ2n) is 5.81. The summed E-state index contributed by atoms with van der Waals surface area (Å²) >= 11 is 1.69. The minimum atomic E-state index is -0.277. The predicted molar refractivity (Wildman–Crippen MR) is 95.9 cm³/mol. The first kappa shape index (κ1) is 17.6. The van der Waals surface area contributed by atoms with Crippen molar-refractivity contribution in [2.75, 3.05) is 20.0 Å². The van der Waals surface area contributed by atoms with Crippen LogP contribution < -0.4 is 14.8 Å². The molecule has 1 N–H and O–H groups in total. The Kier molecular flexibility index (Phi) is 5.48. The number of nitrogens with one attached hydrogen (secondary N) is 1. The smallest absolute Gasteiger partial charge is 0.224 e. The van der Waals surface area contributed by atoms with Gasteiger partial charge in [0.15, 0.2) is 11.5 Å². The van der Waals surface area contributed by atoms with Gasteiger partial charge >= 0.3 is 0 Å². The van der Waals surface area contributed by atoms with Crippen LogP contribution in [-0.2, 0) is 11.2 Å². The van der Waals surface area contributed by atoms with Crippen molar-refractivity contribution < 1.29 is 18.7 Å². The second kappa shape index (κ2) is 7.78. The van der Waals surface area contributed by atoms with Crippen LogP contribution in [-0.4, -0.2) is 25.9 Å². The first-order valence-electron chi connectivity index (χ1n) is 8.03. The van der Waals surface area contributed by atoms with Gasteiger partial charge in [0.2, 0.25) is 5.91 Å². The average molecular weight is 361 g/mol. The van der Waals surface area contributed by atoms with Gasteiger partial charge in [-0.3, -0.25) is 4.79 Å². The van der Waals surface area contributed by atoms with Crippen molar-refractivity contribution in [3.05, 3.63) is 53.3 Å². The van der Waals surface area contributed by atoms with E-state index in [0.29, 0.717) is 11.5 Å². The highest BCUT2D eigenvalue weighted by Gasteiger charge is 2.23. The van der Waals surface area contributed by atoms with Gasteiger partial charge in [-0.2, -0.15) is 0 Å². The zero-order valence-corrected chi connectivity index (χ0v) is 15.0. The molecule has 1 aliphatic heterocycles. The molecule has 1 heterocycles. The van der Waals surface area contributed by atoms with Crippen molar-refractivity contribution >= 4 is 17.7 Å². The van der Waals surface area contributed by atoms with E-state index < -0.39 is 0 Å². The third-order valence-electron chi connectivity index (χ3n) is 4.16. The van der Waals surface area contributed by atoms with E-state index in [0.717, 1.165) is 28.2 Å². The molecule has 0 unspecified atom stereocenters. The van der Waals surface area contributed by atoms with Gasteiger partial charge in [-0.1, -0.05) is 6.07 Å². The highest BCUT2D eigenvalue weighted by molar-refractivity contribution is 7.99. The zero-order chi connectivity index (χ0) is 17.8. The van der Waals surface area contributed by atoms with Gasteiger partial charge in [-0.05, 0) is 47.9 Å². The number of methoxy groups -OCH3 is 2. The predicted octanol–water partition coefficient (Wildman–Crippen LogP) is 3.74. The number of carbonyl (C=O) groups is 1. The third-order valence-corrected chi connectivity index (χ3v) is 5.28. The fourth-order valence-corrected chi connectivity index (χ4v) is 4.04. The topological polar surface area (TPSA) is 47.6 Å². The Morgan fingerprint density at radius 1 is 1.20 bits per heavy atom. The molecule has 6 heteroatoms. The molecule has 25 heavy (non-hydrogen) atoms. The van der Waals surface area contributed by atoms with E-state index >= 15 is 0 Å². The van der Waals surface area contributed by atoms with Crippen LogP contribution in [0, 0.1) is 5.82 Å². The summed E-state index contributed by atoms with van der Waals surface area (Å²) in [6.07, 6.45) is 1.02. The maximum atomic E-state index is 13.6. The SMILES string of the molecule is COc1ccc(CC(=O)N[C@H]2CCSc3ccc(F)cc32)cc1OC. The highest BCUT2D eigenvalue weighted by atomic mass is 32.2. The molecular weight excluding hydrogens is 341 g/mol. The van der Waals surface area contributed by atoms with Crippen LogP contribution in [0.5, 0.6) is 11.5 Å². The number of hydrogen-bond acceptors (Lipinski definition) is 4. The van der Waals surface area contributed by atoms with E-state index in [1.165, 1.54) is 12.1 Å². The first-order chi connectivity index (χ1) is 12.1. The molecule has 1 atom stereocenters. The fourth-order valence-electron chi connectivity index (χ4n) is 2.94. The Morgan fingerprint density at radius 2 is 2.00 bits per heavy atom. The van der Waals surface area contributed by atoms with Crippen molar-refractivity contribution in [3.63, 3.8) is 0 Å². The summed E-state index contributed by atoms with van der Waals surface area (Å²) in [7, 11) is 3.13. The number of benzene rings is 2. The summed E-state index contributed by atoms with van der Waals surface area (Å²) in [5, 5.41) is 3.03. The van der Waals surface area contributed by atoms with Crippen LogP contribution in [0.4, 0.5) is 4.39 Å². The first-order valence-corrected chi connectivity index (χ1v) is 9.02. The molecule has 2 aromatic rings. The van der Waals surface area contributed by atoms with Gasteiger partial charge in [0, 0.05) is 10.6 Å². The van der Waals surface area contributed by atoms with E-state index in [-0.39, 0.29) is 24.2 Å². The van der Waals surface area contributed by atoms with Crippen molar-refractivity contribution in [3.8, 4) is 11.5 Å². The summed E-state index contributed by atoms with van der Waals surface area (Å²) in [5.41, 5.74) is 1.69. The lowest BCUT2D eigenvalue weighted by Crippen LogP contribution is -2.31. The van der Waals surface area contributed by atoms with E-state index in [4.69, 9.17) is 9.47 Å². The van der Waals surface area contributed by atoms with Gasteiger partial charge in [-0.15, -0.1) is 11.8 Å². The highest BCUT2D eigenvalue weighted by Crippen LogP contribution is 2.36. The number of thioether (sulfide) groups is 1. The van der Waals surface area contributed by atoms with E-state index in [2.05, 4.69) is 5.32 Å². The molecular formula is C19H20FNO3S. The fraction of sp³-hybridized carbons (Fsp3) is 0.316. The summed E-state index contributed by atoms with van der Waals surface area (Å²) in [5.74, 6) is 1.74. The number of ether oxygens (including phenoxy) is 2. The maximum absolute atomic E-state index is 13.6. The van der Waals surface area contributed by atoms with Crippen LogP contribution in [0.15, 0.2) is 41.3 Å². The van der Waals surface area contributed by atoms with Crippen LogP contribution in [0.2, 0.25) is 0 Å². The molecule has 0 bridgehead atoms. The Hall–Kier alpha value is -2.21. The van der Waals surface area contributed by atoms with Gasteiger partial charge in [-0.25, -0.2) is 4.39 Å². The number of hydrogen-bond donors (Lipinski definition) is 1. The minimum Gasteiger partial charge on any atom is -0.493 e. The van der Waals surface area contributed by atoms with Crippen LogP contribution in [0.1, 0.15) is 23.6 Å². The molecule has 0 aromatic heterocycles. The largest absolute Gasteiger partial charge is 0.493 e. The number of halogens is 1. The quantitative estimate of drug-likeness (QED) is 0.881. The molecule has 132 valence electrons. The van der Waals surface area contributed by atoms with Gasteiger partial charge in [0.1, 0.15) is 5.82 Å². The van der Waals surface area contributed by atoms with Crippen molar-refractivity contribution in [1.29, 1.82) is 0 Å². The summed E-state index contributed by atoms with van der Waals surface area (Å²) < 4.78 is 24.0. The lowest BCUT2D eigenvalue weighted by Gasteiger charge is -2.26. The summed E-state index contributed by atoms with van der Waals surface area (Å²) in [6.45, 7) is 0. The van der Waals surface area contributed by atoms with Crippen molar-refractivity contribution in [2.45, 2.75) is 23.8 Å². The minimum absolute atomic E-state index is 0.0978. The Morgan fingerprint density at radius 3 is 2.76 bits per heavy atom. The van der Waals surface area contributed by atoms with Crippen LogP contribution in [0.25, 0.3) is 0 Å². The Bertz CT molecular complexity index is 781. The lowest BCUT2D eigenvalue weighted by atomic mass is 10.0. The Labute approximate surface area is 150 Å². The molecule has 1 aliphatic rings. The standard InChI is InChI=1S/C19H20FNO3S/c1-23-16-5-3-12(9-17(16)24-2)10-19(22)21-15-7-8-25-18-6-4-13(20)11-14(15)18/h3-6,9,11,15H,7-8,10H2,1-2H3,(H,21,22)/t15-/m0/s1. The van der Waals surface area contributed by atoms with E-state index in [9.17, 15) is 9.18 Å². The molecule has 0 radical (unpaired) electrons. The van der Waals surface area contributed by atoms with Crippen molar-refractivity contribution in [1.82, 2.24) is 5.32 Å². The van der Waals surface area contributed by atoms with Gasteiger partial charge < -0.3 is 14.8 Å². The molecule has 0 fully saturated rings. The molecule has 0 saturated carbocycles. The second-order valence-corrected chi connectivity index (χ2v) is 6.94. The average Bonchev–Trinajstić information content (AvgIpc) is 2.62. The number of rotatable bonds is 5. The number of amides is 1.